The van der Waals surface area contributed by atoms with Crippen LogP contribution in [0.3, 0.4) is 0 Å². The molecule has 1 fully saturated rings. The quantitative estimate of drug-likeness (QED) is 0.654. The third-order valence-electron chi connectivity index (χ3n) is 3.93. The summed E-state index contributed by atoms with van der Waals surface area (Å²) in [6.45, 7) is 6.27. The van der Waals surface area contributed by atoms with E-state index in [1.807, 2.05) is 0 Å². The highest BCUT2D eigenvalue weighted by Gasteiger charge is 2.26. The Balaban J connectivity index is 2.02. The van der Waals surface area contributed by atoms with Crippen molar-refractivity contribution in [1.29, 1.82) is 0 Å². The summed E-state index contributed by atoms with van der Waals surface area (Å²) in [4.78, 5) is 12.0. The molecule has 3 nitrogen and oxygen atoms in total. The van der Waals surface area contributed by atoms with Gasteiger partial charge in [-0.15, -0.1) is 0 Å². The van der Waals surface area contributed by atoms with Crippen molar-refractivity contribution >= 4 is 5.91 Å². The van der Waals surface area contributed by atoms with Gasteiger partial charge in [-0.1, -0.05) is 39.0 Å². The summed E-state index contributed by atoms with van der Waals surface area (Å²) < 4.78 is 0. The van der Waals surface area contributed by atoms with Gasteiger partial charge in [0.25, 0.3) is 0 Å². The smallest absolute Gasteiger partial charge is 0.224 e. The van der Waals surface area contributed by atoms with Crippen LogP contribution in [-0.2, 0) is 4.79 Å². The summed E-state index contributed by atoms with van der Waals surface area (Å²) in [5.41, 5.74) is 0. The lowest BCUT2D eigenvalue weighted by molar-refractivity contribution is -0.126. The van der Waals surface area contributed by atoms with Crippen molar-refractivity contribution in [2.24, 2.45) is 5.92 Å². The number of nitrogens with one attached hydrogen (secondary N) is 2. The van der Waals surface area contributed by atoms with Gasteiger partial charge in [0.2, 0.25) is 5.91 Å². The van der Waals surface area contributed by atoms with Crippen molar-refractivity contribution in [3.8, 4) is 0 Å². The second kappa shape index (κ2) is 9.37. The van der Waals surface area contributed by atoms with Gasteiger partial charge < -0.3 is 10.6 Å². The van der Waals surface area contributed by atoms with Crippen LogP contribution in [0.4, 0.5) is 0 Å². The van der Waals surface area contributed by atoms with Crippen LogP contribution in [0.1, 0.15) is 65.2 Å². The van der Waals surface area contributed by atoms with Crippen molar-refractivity contribution in [1.82, 2.24) is 10.6 Å². The van der Waals surface area contributed by atoms with E-state index in [-0.39, 0.29) is 11.8 Å². The molecule has 1 saturated heterocycles. The molecular formula is C15H30N2O. The molecule has 0 aromatic carbocycles. The van der Waals surface area contributed by atoms with Crippen LogP contribution in [0, 0.1) is 5.92 Å². The molecular weight excluding hydrogens is 224 g/mol. The molecule has 0 aromatic rings. The van der Waals surface area contributed by atoms with Crippen molar-refractivity contribution in [3.63, 3.8) is 0 Å². The average Bonchev–Trinajstić information content (AvgIpc) is 2.38. The van der Waals surface area contributed by atoms with Gasteiger partial charge in [-0.05, 0) is 32.7 Å². The molecule has 106 valence electrons. The van der Waals surface area contributed by atoms with Crippen LogP contribution in [0.2, 0.25) is 0 Å². The van der Waals surface area contributed by atoms with Crippen molar-refractivity contribution in [3.05, 3.63) is 0 Å². The highest BCUT2D eigenvalue weighted by Crippen LogP contribution is 2.16. The van der Waals surface area contributed by atoms with Crippen molar-refractivity contribution in [2.45, 2.75) is 71.3 Å². The van der Waals surface area contributed by atoms with E-state index in [9.17, 15) is 4.79 Å². The fourth-order valence-corrected chi connectivity index (χ4v) is 2.65. The van der Waals surface area contributed by atoms with Gasteiger partial charge in [0.15, 0.2) is 0 Å². The lowest BCUT2D eigenvalue weighted by atomic mass is 9.91. The predicted molar refractivity (Wildman–Crippen MR) is 76.6 cm³/mol. The Morgan fingerprint density at radius 3 is 2.67 bits per heavy atom. The van der Waals surface area contributed by atoms with E-state index in [2.05, 4.69) is 24.5 Å². The minimum Gasteiger partial charge on any atom is -0.356 e. The lowest BCUT2D eigenvalue weighted by Gasteiger charge is -2.28. The molecule has 1 aliphatic rings. The van der Waals surface area contributed by atoms with Crippen LogP contribution < -0.4 is 10.6 Å². The number of carbonyl (C=O) groups excluding carboxylic acids is 1. The monoisotopic (exact) mass is 254 g/mol. The molecule has 1 amide bonds. The van der Waals surface area contributed by atoms with Gasteiger partial charge in [-0.3, -0.25) is 4.79 Å². The van der Waals surface area contributed by atoms with E-state index < -0.39 is 0 Å². The number of carbonyl (C=O) groups is 1. The Morgan fingerprint density at radius 2 is 1.94 bits per heavy atom. The molecule has 3 heteroatoms. The fourth-order valence-electron chi connectivity index (χ4n) is 2.65. The van der Waals surface area contributed by atoms with E-state index >= 15 is 0 Å². The Kier molecular flexibility index (Phi) is 8.06. The topological polar surface area (TPSA) is 41.1 Å². The zero-order valence-corrected chi connectivity index (χ0v) is 12.1. The number of piperidine rings is 1. The summed E-state index contributed by atoms with van der Waals surface area (Å²) in [6.07, 6.45) is 9.83. The summed E-state index contributed by atoms with van der Waals surface area (Å²) >= 11 is 0. The lowest BCUT2D eigenvalue weighted by Crippen LogP contribution is -2.46. The second-order valence-corrected chi connectivity index (χ2v) is 5.55. The molecule has 1 aliphatic heterocycles. The first-order chi connectivity index (χ1) is 8.75. The van der Waals surface area contributed by atoms with Crippen molar-refractivity contribution < 1.29 is 4.79 Å². The first-order valence-corrected chi connectivity index (χ1v) is 7.76. The molecule has 2 N–H and O–H groups in total. The van der Waals surface area contributed by atoms with E-state index in [4.69, 9.17) is 0 Å². The Labute approximate surface area is 112 Å². The highest BCUT2D eigenvalue weighted by atomic mass is 16.1. The molecule has 0 aromatic heterocycles. The molecule has 0 spiro atoms. The van der Waals surface area contributed by atoms with E-state index in [1.54, 1.807) is 0 Å². The molecule has 0 bridgehead atoms. The first kappa shape index (κ1) is 15.5. The largest absolute Gasteiger partial charge is 0.356 e. The van der Waals surface area contributed by atoms with Gasteiger partial charge in [-0.2, -0.15) is 0 Å². The van der Waals surface area contributed by atoms with E-state index in [0.717, 1.165) is 32.4 Å². The average molecular weight is 254 g/mol. The molecule has 0 radical (unpaired) electrons. The summed E-state index contributed by atoms with van der Waals surface area (Å²) in [5, 5.41) is 6.47. The number of amides is 1. The number of rotatable bonds is 8. The molecule has 2 atom stereocenters. The van der Waals surface area contributed by atoms with Gasteiger partial charge in [-0.25, -0.2) is 0 Å². The zero-order valence-electron chi connectivity index (χ0n) is 12.1. The molecule has 1 rings (SSSR count). The van der Waals surface area contributed by atoms with Gasteiger partial charge in [0.1, 0.15) is 0 Å². The van der Waals surface area contributed by atoms with Crippen LogP contribution >= 0.6 is 0 Å². The minimum absolute atomic E-state index is 0.179. The Bertz CT molecular complexity index is 231. The Hall–Kier alpha value is -0.570. The zero-order chi connectivity index (χ0) is 13.2. The van der Waals surface area contributed by atoms with Crippen LogP contribution in [0.15, 0.2) is 0 Å². The van der Waals surface area contributed by atoms with Crippen LogP contribution in [0.5, 0.6) is 0 Å². The van der Waals surface area contributed by atoms with Crippen molar-refractivity contribution in [2.75, 3.05) is 13.1 Å². The summed E-state index contributed by atoms with van der Waals surface area (Å²) in [6, 6.07) is 0.336. The van der Waals surface area contributed by atoms with Gasteiger partial charge in [0, 0.05) is 12.6 Å². The maximum Gasteiger partial charge on any atom is 0.224 e. The minimum atomic E-state index is 0.179. The third-order valence-corrected chi connectivity index (χ3v) is 3.93. The molecule has 2 unspecified atom stereocenters. The predicted octanol–water partition coefficient (Wildman–Crippen LogP) is 2.85. The fraction of sp³-hybridized carbons (Fsp3) is 0.933. The van der Waals surface area contributed by atoms with Gasteiger partial charge in [0.05, 0.1) is 5.92 Å². The first-order valence-electron chi connectivity index (χ1n) is 7.76. The van der Waals surface area contributed by atoms with Gasteiger partial charge >= 0.3 is 0 Å². The van der Waals surface area contributed by atoms with Crippen LogP contribution in [-0.4, -0.2) is 25.0 Å². The molecule has 0 saturated carbocycles. The maximum atomic E-state index is 12.0. The standard InChI is InChI=1S/C15H30N2O/c1-3-4-5-6-7-8-11-17-15(18)14-10-9-12-16-13(14)2/h13-14,16H,3-12H2,1-2H3,(H,17,18). The molecule has 18 heavy (non-hydrogen) atoms. The number of hydrogen-bond donors (Lipinski definition) is 2. The summed E-state index contributed by atoms with van der Waals surface area (Å²) in [5.74, 6) is 0.432. The molecule has 1 heterocycles. The van der Waals surface area contributed by atoms with Crippen LogP contribution in [0.25, 0.3) is 0 Å². The third kappa shape index (κ3) is 5.85. The highest BCUT2D eigenvalue weighted by molar-refractivity contribution is 5.79. The van der Waals surface area contributed by atoms with E-state index in [0.29, 0.717) is 6.04 Å². The maximum absolute atomic E-state index is 12.0. The summed E-state index contributed by atoms with van der Waals surface area (Å²) in [7, 11) is 0. The normalized spacial score (nSPS) is 23.9. The SMILES string of the molecule is CCCCCCCCNC(=O)C1CCCNC1C. The molecule has 0 aliphatic carbocycles. The van der Waals surface area contributed by atoms with E-state index in [1.165, 1.54) is 32.1 Å². The second-order valence-electron chi connectivity index (χ2n) is 5.55. The number of unbranched alkanes of at least 4 members (excludes halogenated alkanes) is 5. The Morgan fingerprint density at radius 1 is 1.22 bits per heavy atom. The number of hydrogen-bond acceptors (Lipinski definition) is 2.